The van der Waals surface area contributed by atoms with Crippen molar-refractivity contribution < 1.29 is 64.8 Å². The molecule has 0 aliphatic heterocycles. The first-order valence-electron chi connectivity index (χ1n) is 8.65. The van der Waals surface area contributed by atoms with E-state index < -0.39 is 89.4 Å². The van der Waals surface area contributed by atoms with Crippen LogP contribution in [0.25, 0.3) is 0 Å². The highest BCUT2D eigenvalue weighted by molar-refractivity contribution is 7.86. The van der Waals surface area contributed by atoms with E-state index in [0.29, 0.717) is 24.3 Å². The minimum Gasteiger partial charge on any atom is -0.478 e. The number of rotatable bonds is 9. The monoisotopic (exact) mass is 518 g/mol. The molecule has 0 amide bonds. The van der Waals surface area contributed by atoms with Crippen LogP contribution in [-0.2, 0) is 29.7 Å². The lowest BCUT2D eigenvalue weighted by Crippen LogP contribution is -2.16. The highest BCUT2D eigenvalue weighted by Crippen LogP contribution is 2.18. The van der Waals surface area contributed by atoms with Gasteiger partial charge in [0.15, 0.2) is 0 Å². The molecule has 0 atom stereocenters. The van der Waals surface area contributed by atoms with Crippen LogP contribution in [0.15, 0.2) is 46.2 Å². The molecule has 2 rings (SSSR count). The Balaban J connectivity index is 2.10. The number of carboxylic acids is 2. The lowest BCUT2D eigenvalue weighted by molar-refractivity contribution is 0.0265. The molecule has 0 aliphatic carbocycles. The fraction of sp³-hybridized carbons (Fsp3) is 0.111. The summed E-state index contributed by atoms with van der Waals surface area (Å²) in [5.41, 5.74) is -2.38. The minimum atomic E-state index is -4.85. The van der Waals surface area contributed by atoms with E-state index in [0.717, 1.165) is 12.1 Å². The average molecular weight is 518 g/mol. The SMILES string of the molecule is O=C(O)c1cc(C(=O)OCCOC(=O)c2cc(C(=O)O)cc(S(=O)(=O)O)c2)cc(S(=O)(=O)O)c1. The fourth-order valence-corrected chi connectivity index (χ4v) is 3.52. The van der Waals surface area contributed by atoms with Crippen molar-refractivity contribution in [3.05, 3.63) is 58.7 Å². The molecule has 0 heterocycles. The Bertz CT molecular complexity index is 1280. The summed E-state index contributed by atoms with van der Waals surface area (Å²) in [4.78, 5) is 44.6. The van der Waals surface area contributed by atoms with E-state index in [9.17, 15) is 36.0 Å². The summed E-state index contributed by atoms with van der Waals surface area (Å²) < 4.78 is 72.7. The number of hydrogen-bond acceptors (Lipinski definition) is 10. The van der Waals surface area contributed by atoms with Gasteiger partial charge in [-0.15, -0.1) is 0 Å². The summed E-state index contributed by atoms with van der Waals surface area (Å²) in [6.45, 7) is -1.26. The van der Waals surface area contributed by atoms with Gasteiger partial charge in [0.1, 0.15) is 13.2 Å². The number of benzene rings is 2. The Morgan fingerprint density at radius 1 is 0.588 bits per heavy atom. The molecule has 16 heteroatoms. The van der Waals surface area contributed by atoms with Crippen LogP contribution in [0.3, 0.4) is 0 Å². The van der Waals surface area contributed by atoms with E-state index in [4.69, 9.17) is 28.8 Å². The van der Waals surface area contributed by atoms with Crippen molar-refractivity contribution in [1.29, 1.82) is 0 Å². The predicted molar refractivity (Wildman–Crippen MR) is 107 cm³/mol. The number of ether oxygens (including phenoxy) is 2. The molecule has 0 spiro atoms. The van der Waals surface area contributed by atoms with Gasteiger partial charge in [0.2, 0.25) is 0 Å². The maximum absolute atomic E-state index is 12.1. The molecule has 14 nitrogen and oxygen atoms in total. The van der Waals surface area contributed by atoms with Gasteiger partial charge >= 0.3 is 23.9 Å². The smallest absolute Gasteiger partial charge is 0.338 e. The summed E-state index contributed by atoms with van der Waals surface area (Å²) in [5, 5.41) is 18.0. The number of aromatic carboxylic acids is 2. The lowest BCUT2D eigenvalue weighted by Gasteiger charge is -2.09. The maximum atomic E-state index is 12.1. The zero-order chi connectivity index (χ0) is 25.8. The summed E-state index contributed by atoms with van der Waals surface area (Å²) in [6.07, 6.45) is 0. The fourth-order valence-electron chi connectivity index (χ4n) is 2.41. The molecule has 2 aromatic rings. The first-order chi connectivity index (χ1) is 15.6. The van der Waals surface area contributed by atoms with Gasteiger partial charge in [-0.05, 0) is 36.4 Å². The van der Waals surface area contributed by atoms with E-state index in [1.165, 1.54) is 0 Å². The Morgan fingerprint density at radius 3 is 1.15 bits per heavy atom. The van der Waals surface area contributed by atoms with Crippen molar-refractivity contribution in [1.82, 2.24) is 0 Å². The van der Waals surface area contributed by atoms with Crippen molar-refractivity contribution in [2.45, 2.75) is 9.79 Å². The van der Waals surface area contributed by atoms with Gasteiger partial charge in [0, 0.05) is 0 Å². The van der Waals surface area contributed by atoms with E-state index in [1.54, 1.807) is 0 Å². The molecule has 0 radical (unpaired) electrons. The van der Waals surface area contributed by atoms with E-state index in [1.807, 2.05) is 0 Å². The van der Waals surface area contributed by atoms with Gasteiger partial charge in [-0.25, -0.2) is 19.2 Å². The summed E-state index contributed by atoms with van der Waals surface area (Å²) >= 11 is 0. The molecule has 0 fully saturated rings. The summed E-state index contributed by atoms with van der Waals surface area (Å²) in [6, 6.07) is 4.10. The van der Waals surface area contributed by atoms with Crippen LogP contribution in [0.5, 0.6) is 0 Å². The van der Waals surface area contributed by atoms with E-state index in [2.05, 4.69) is 0 Å². The van der Waals surface area contributed by atoms with Crippen molar-refractivity contribution >= 4 is 44.1 Å². The van der Waals surface area contributed by atoms with Crippen LogP contribution in [0, 0.1) is 0 Å². The average Bonchev–Trinajstić information content (AvgIpc) is 2.74. The molecule has 2 aromatic carbocycles. The number of carboxylic acid groups (broad SMARTS) is 2. The standard InChI is InChI=1S/C18H14O14S2/c19-15(20)9-3-11(7-13(5-9)33(25,26)27)17(23)31-1-2-32-18(24)12-4-10(16(21)22)6-14(8-12)34(28,29)30/h3-8H,1-2H2,(H,19,20)(H,21,22)(H,25,26,27)(H,28,29,30). The zero-order valence-electron chi connectivity index (χ0n) is 16.6. The van der Waals surface area contributed by atoms with Crippen LogP contribution < -0.4 is 0 Å². The first kappa shape index (κ1) is 26.4. The van der Waals surface area contributed by atoms with E-state index >= 15 is 0 Å². The Hall–Kier alpha value is -3.86. The molecule has 0 saturated carbocycles. The van der Waals surface area contributed by atoms with E-state index in [-0.39, 0.29) is 0 Å². The number of hydrogen-bond donors (Lipinski definition) is 4. The van der Waals surface area contributed by atoms with Gasteiger partial charge in [-0.1, -0.05) is 0 Å². The number of carbonyl (C=O) groups excluding carboxylic acids is 2. The third kappa shape index (κ3) is 6.82. The quantitative estimate of drug-likeness (QED) is 0.202. The zero-order valence-corrected chi connectivity index (χ0v) is 18.2. The molecular formula is C18H14O14S2. The molecule has 0 saturated heterocycles. The second-order valence-electron chi connectivity index (χ2n) is 6.32. The third-order valence-electron chi connectivity index (χ3n) is 3.92. The number of carbonyl (C=O) groups is 4. The largest absolute Gasteiger partial charge is 0.478 e. The van der Waals surface area contributed by atoms with Crippen LogP contribution >= 0.6 is 0 Å². The molecule has 0 unspecified atom stereocenters. The van der Waals surface area contributed by atoms with Crippen LogP contribution in [0.1, 0.15) is 41.4 Å². The molecule has 34 heavy (non-hydrogen) atoms. The molecule has 0 aromatic heterocycles. The van der Waals surface area contributed by atoms with Crippen molar-refractivity contribution in [3.8, 4) is 0 Å². The lowest BCUT2D eigenvalue weighted by atomic mass is 10.1. The van der Waals surface area contributed by atoms with Gasteiger partial charge in [-0.3, -0.25) is 9.11 Å². The molecular weight excluding hydrogens is 504 g/mol. The van der Waals surface area contributed by atoms with Crippen LogP contribution in [-0.4, -0.2) is 73.2 Å². The minimum absolute atomic E-state index is 0.550. The van der Waals surface area contributed by atoms with Crippen molar-refractivity contribution in [2.24, 2.45) is 0 Å². The second kappa shape index (κ2) is 9.96. The normalized spacial score (nSPS) is 11.5. The van der Waals surface area contributed by atoms with Gasteiger partial charge in [-0.2, -0.15) is 16.8 Å². The van der Waals surface area contributed by atoms with Crippen molar-refractivity contribution in [2.75, 3.05) is 13.2 Å². The Labute approximate surface area is 190 Å². The second-order valence-corrected chi connectivity index (χ2v) is 9.17. The summed E-state index contributed by atoms with van der Waals surface area (Å²) in [7, 11) is -9.70. The first-order valence-corrected chi connectivity index (χ1v) is 11.5. The van der Waals surface area contributed by atoms with Gasteiger partial charge in [0.05, 0.1) is 32.0 Å². The molecule has 4 N–H and O–H groups in total. The topological polar surface area (TPSA) is 236 Å². The summed E-state index contributed by atoms with van der Waals surface area (Å²) in [5.74, 6) is -5.65. The predicted octanol–water partition coefficient (Wildman–Crippen LogP) is 0.590. The van der Waals surface area contributed by atoms with Crippen molar-refractivity contribution in [3.63, 3.8) is 0 Å². The number of esters is 2. The third-order valence-corrected chi connectivity index (χ3v) is 5.59. The van der Waals surface area contributed by atoms with Crippen LogP contribution in [0.2, 0.25) is 0 Å². The molecule has 0 bridgehead atoms. The van der Waals surface area contributed by atoms with Gasteiger partial charge < -0.3 is 19.7 Å². The highest BCUT2D eigenvalue weighted by atomic mass is 32.2. The van der Waals surface area contributed by atoms with Gasteiger partial charge in [0.25, 0.3) is 20.2 Å². The van der Waals surface area contributed by atoms with Crippen LogP contribution in [0.4, 0.5) is 0 Å². The Kier molecular flexibility index (Phi) is 7.73. The Morgan fingerprint density at radius 2 is 0.882 bits per heavy atom. The highest BCUT2D eigenvalue weighted by Gasteiger charge is 2.21. The molecule has 0 aliphatic rings. The molecule has 182 valence electrons. The maximum Gasteiger partial charge on any atom is 0.338 e.